The number of nitrogens with one attached hydrogen (secondary N) is 2. The molecule has 0 saturated carbocycles. The molecule has 7 nitrogen and oxygen atoms in total. The highest BCUT2D eigenvalue weighted by Crippen LogP contribution is 2.19. The van der Waals surface area contributed by atoms with Crippen molar-refractivity contribution in [2.45, 2.75) is 51.3 Å². The molecular weight excluding hydrogens is 424 g/mol. The number of anilines is 2. The van der Waals surface area contributed by atoms with Gasteiger partial charge in [0, 0.05) is 23.9 Å². The summed E-state index contributed by atoms with van der Waals surface area (Å²) in [5.74, 6) is 1.05. The summed E-state index contributed by atoms with van der Waals surface area (Å²) in [4.78, 5) is 20.6. The number of carbonyl (C=O) groups is 1. The Labute approximate surface area is 189 Å². The van der Waals surface area contributed by atoms with Gasteiger partial charge in [0.25, 0.3) is 10.0 Å². The average molecular weight is 453 g/mol. The van der Waals surface area contributed by atoms with Gasteiger partial charge in [-0.25, -0.2) is 18.4 Å². The Morgan fingerprint density at radius 2 is 1.62 bits per heavy atom. The van der Waals surface area contributed by atoms with E-state index in [0.717, 1.165) is 5.56 Å². The first-order chi connectivity index (χ1) is 15.1. The van der Waals surface area contributed by atoms with Gasteiger partial charge < -0.3 is 5.32 Å². The zero-order chi connectivity index (χ0) is 23.3. The van der Waals surface area contributed by atoms with E-state index in [1.807, 2.05) is 0 Å². The topological polar surface area (TPSA) is 101 Å². The Morgan fingerprint density at radius 3 is 2.22 bits per heavy atom. The van der Waals surface area contributed by atoms with Crippen molar-refractivity contribution in [3.8, 4) is 0 Å². The first kappa shape index (κ1) is 23.4. The van der Waals surface area contributed by atoms with Crippen molar-refractivity contribution < 1.29 is 13.2 Å². The van der Waals surface area contributed by atoms with Crippen LogP contribution in [-0.4, -0.2) is 24.3 Å². The van der Waals surface area contributed by atoms with Gasteiger partial charge in [-0.15, -0.1) is 0 Å². The summed E-state index contributed by atoms with van der Waals surface area (Å²) in [5.41, 5.74) is 3.59. The van der Waals surface area contributed by atoms with Crippen LogP contribution in [0.15, 0.2) is 59.5 Å². The van der Waals surface area contributed by atoms with Crippen LogP contribution in [0.4, 0.5) is 11.5 Å². The molecule has 3 rings (SSSR count). The van der Waals surface area contributed by atoms with E-state index in [4.69, 9.17) is 0 Å². The number of hydrogen-bond acceptors (Lipinski definition) is 5. The number of carbonyl (C=O) groups excluding carboxylic acids is 1. The second-order valence-electron chi connectivity index (χ2n) is 8.02. The molecule has 1 heterocycles. The summed E-state index contributed by atoms with van der Waals surface area (Å²) in [6.07, 6.45) is 0.980. The van der Waals surface area contributed by atoms with Crippen molar-refractivity contribution in [3.63, 3.8) is 0 Å². The first-order valence-electron chi connectivity index (χ1n) is 10.5. The standard InChI is InChI=1S/C24H28N4O3S/c1-16(2)20-8-5-19(6-9-20)7-14-24(29)27-21-10-12-22(13-11-21)32(30,31)28-23-15-17(3)25-18(4)26-23/h5-6,8-13,15-16H,7,14H2,1-4H3,(H,27,29)(H,25,26,28). The highest BCUT2D eigenvalue weighted by atomic mass is 32.2. The fraction of sp³-hybridized carbons (Fsp3) is 0.292. The van der Waals surface area contributed by atoms with Crippen molar-refractivity contribution in [3.05, 3.63) is 77.2 Å². The van der Waals surface area contributed by atoms with E-state index in [1.165, 1.54) is 17.7 Å². The molecule has 2 N–H and O–H groups in total. The van der Waals surface area contributed by atoms with E-state index in [2.05, 4.69) is 58.1 Å². The minimum Gasteiger partial charge on any atom is -0.326 e. The number of rotatable bonds is 8. The first-order valence-corrected chi connectivity index (χ1v) is 11.9. The fourth-order valence-corrected chi connectivity index (χ4v) is 4.23. The number of benzene rings is 2. The summed E-state index contributed by atoms with van der Waals surface area (Å²) in [6, 6.07) is 15.9. The molecular formula is C24H28N4O3S. The number of aromatic nitrogens is 2. The lowest BCUT2D eigenvalue weighted by Crippen LogP contribution is -2.15. The van der Waals surface area contributed by atoms with Crippen LogP contribution in [0.2, 0.25) is 0 Å². The minimum atomic E-state index is -3.80. The average Bonchev–Trinajstić information content (AvgIpc) is 2.72. The Bertz CT molecular complexity index is 1170. The molecule has 0 bridgehead atoms. The molecule has 3 aromatic rings. The van der Waals surface area contributed by atoms with Crippen molar-refractivity contribution in [1.29, 1.82) is 0 Å². The maximum Gasteiger partial charge on any atom is 0.263 e. The fourth-order valence-electron chi connectivity index (χ4n) is 3.23. The molecule has 0 radical (unpaired) electrons. The molecule has 0 fully saturated rings. The van der Waals surface area contributed by atoms with E-state index >= 15 is 0 Å². The summed E-state index contributed by atoms with van der Waals surface area (Å²) in [5, 5.41) is 2.81. The van der Waals surface area contributed by atoms with Crippen LogP contribution in [0.5, 0.6) is 0 Å². The lowest BCUT2D eigenvalue weighted by molar-refractivity contribution is -0.116. The molecule has 32 heavy (non-hydrogen) atoms. The molecule has 0 saturated heterocycles. The predicted molar refractivity (Wildman–Crippen MR) is 126 cm³/mol. The third-order valence-corrected chi connectivity index (χ3v) is 6.31. The van der Waals surface area contributed by atoms with Gasteiger partial charge in [0.1, 0.15) is 11.6 Å². The Morgan fingerprint density at radius 1 is 0.969 bits per heavy atom. The van der Waals surface area contributed by atoms with Crippen LogP contribution >= 0.6 is 0 Å². The number of amides is 1. The second-order valence-corrected chi connectivity index (χ2v) is 9.70. The lowest BCUT2D eigenvalue weighted by atomic mass is 10.0. The molecule has 0 atom stereocenters. The van der Waals surface area contributed by atoms with Gasteiger partial charge in [-0.3, -0.25) is 9.52 Å². The zero-order valence-corrected chi connectivity index (χ0v) is 19.5. The molecule has 1 amide bonds. The summed E-state index contributed by atoms with van der Waals surface area (Å²) < 4.78 is 27.7. The van der Waals surface area contributed by atoms with Crippen molar-refractivity contribution >= 4 is 27.4 Å². The van der Waals surface area contributed by atoms with Gasteiger partial charge >= 0.3 is 0 Å². The lowest BCUT2D eigenvalue weighted by Gasteiger charge is -2.10. The van der Waals surface area contributed by atoms with Gasteiger partial charge in [-0.1, -0.05) is 38.1 Å². The Kier molecular flexibility index (Phi) is 7.25. The third-order valence-electron chi connectivity index (χ3n) is 4.94. The van der Waals surface area contributed by atoms with Crippen LogP contribution in [0.3, 0.4) is 0 Å². The Balaban J connectivity index is 1.58. The van der Waals surface area contributed by atoms with E-state index in [1.54, 1.807) is 32.0 Å². The van der Waals surface area contributed by atoms with Gasteiger partial charge in [-0.05, 0) is 61.6 Å². The van der Waals surface area contributed by atoms with Crippen molar-refractivity contribution in [2.24, 2.45) is 0 Å². The maximum atomic E-state index is 12.6. The minimum absolute atomic E-state index is 0.0784. The molecule has 0 spiro atoms. The highest BCUT2D eigenvalue weighted by molar-refractivity contribution is 7.92. The molecule has 168 valence electrons. The smallest absolute Gasteiger partial charge is 0.263 e. The molecule has 0 unspecified atom stereocenters. The normalized spacial score (nSPS) is 11.4. The quantitative estimate of drug-likeness (QED) is 0.521. The molecule has 0 aliphatic heterocycles. The van der Waals surface area contributed by atoms with Crippen LogP contribution in [0.1, 0.15) is 48.8 Å². The van der Waals surface area contributed by atoms with Crippen molar-refractivity contribution in [2.75, 3.05) is 10.0 Å². The zero-order valence-electron chi connectivity index (χ0n) is 18.7. The maximum absolute atomic E-state index is 12.6. The molecule has 1 aromatic heterocycles. The summed E-state index contributed by atoms with van der Waals surface area (Å²) in [6.45, 7) is 7.76. The molecule has 0 aliphatic rings. The number of aryl methyl sites for hydroxylation is 3. The van der Waals surface area contributed by atoms with Crippen LogP contribution in [0.25, 0.3) is 0 Å². The summed E-state index contributed by atoms with van der Waals surface area (Å²) >= 11 is 0. The van der Waals surface area contributed by atoms with Crippen molar-refractivity contribution in [1.82, 2.24) is 9.97 Å². The second kappa shape index (κ2) is 9.91. The monoisotopic (exact) mass is 452 g/mol. The molecule has 2 aromatic carbocycles. The van der Waals surface area contributed by atoms with Gasteiger partial charge in [0.2, 0.25) is 5.91 Å². The molecule has 0 aliphatic carbocycles. The van der Waals surface area contributed by atoms with Crippen LogP contribution in [0, 0.1) is 13.8 Å². The van der Waals surface area contributed by atoms with Gasteiger partial charge in [-0.2, -0.15) is 0 Å². The highest BCUT2D eigenvalue weighted by Gasteiger charge is 2.16. The Hall–Kier alpha value is -3.26. The predicted octanol–water partition coefficient (Wildman–Crippen LogP) is 4.59. The summed E-state index contributed by atoms with van der Waals surface area (Å²) in [7, 11) is -3.80. The molecule has 8 heteroatoms. The van der Waals surface area contributed by atoms with Gasteiger partial charge in [0.15, 0.2) is 0 Å². The van der Waals surface area contributed by atoms with Gasteiger partial charge in [0.05, 0.1) is 4.90 Å². The van der Waals surface area contributed by atoms with E-state index in [0.29, 0.717) is 36.0 Å². The van der Waals surface area contributed by atoms with E-state index < -0.39 is 10.0 Å². The third kappa shape index (κ3) is 6.37. The van der Waals surface area contributed by atoms with E-state index in [-0.39, 0.29) is 16.6 Å². The number of hydrogen-bond donors (Lipinski definition) is 2. The van der Waals surface area contributed by atoms with E-state index in [9.17, 15) is 13.2 Å². The number of sulfonamides is 1. The SMILES string of the molecule is Cc1cc(NS(=O)(=O)c2ccc(NC(=O)CCc3ccc(C(C)C)cc3)cc2)nc(C)n1. The van der Waals surface area contributed by atoms with Crippen LogP contribution in [-0.2, 0) is 21.2 Å². The number of nitrogens with zero attached hydrogens (tertiary/aromatic N) is 2. The van der Waals surface area contributed by atoms with Crippen LogP contribution < -0.4 is 10.0 Å². The largest absolute Gasteiger partial charge is 0.326 e.